The van der Waals surface area contributed by atoms with Crippen LogP contribution in [0.4, 0.5) is 0 Å². The Balaban J connectivity index is 2.07. The van der Waals surface area contributed by atoms with Gasteiger partial charge in [-0.25, -0.2) is 0 Å². The molecule has 0 unspecified atom stereocenters. The maximum Gasteiger partial charge on any atom is -0.00944 e. The monoisotopic (exact) mass is 324 g/mol. The van der Waals surface area contributed by atoms with Crippen LogP contribution in [0.3, 0.4) is 0 Å². The Morgan fingerprint density at radius 3 is 1.59 bits per heavy atom. The predicted octanol–water partition coefficient (Wildman–Crippen LogP) is 7.89. The molecule has 1 aliphatic carbocycles. The summed E-state index contributed by atoms with van der Waals surface area (Å²) in [7, 11) is 0.313. The molecule has 0 radical (unpaired) electrons. The molecule has 0 atom stereocenters. The van der Waals surface area contributed by atoms with Crippen LogP contribution in [0.2, 0.25) is 0 Å². The Kier molecular flexibility index (Phi) is 9.44. The van der Waals surface area contributed by atoms with Crippen LogP contribution in [0.25, 0.3) is 0 Å². The minimum absolute atomic E-state index is 0.313. The highest BCUT2D eigenvalue weighted by atomic mass is 31.1. The lowest BCUT2D eigenvalue weighted by Gasteiger charge is -2.43. The van der Waals surface area contributed by atoms with E-state index in [9.17, 15) is 0 Å². The second kappa shape index (κ2) is 11.1. The van der Waals surface area contributed by atoms with Gasteiger partial charge in [-0.1, -0.05) is 84.0 Å². The summed E-state index contributed by atoms with van der Waals surface area (Å²) in [4.78, 5) is 0. The van der Waals surface area contributed by atoms with Gasteiger partial charge in [-0.15, -0.1) is 7.92 Å². The molecule has 1 saturated heterocycles. The van der Waals surface area contributed by atoms with E-state index in [-0.39, 0.29) is 0 Å². The van der Waals surface area contributed by atoms with Crippen molar-refractivity contribution < 1.29 is 0 Å². The van der Waals surface area contributed by atoms with E-state index in [1.807, 2.05) is 0 Å². The summed E-state index contributed by atoms with van der Waals surface area (Å²) in [5.41, 5.74) is 0. The molecule has 2 aliphatic rings. The van der Waals surface area contributed by atoms with Crippen molar-refractivity contribution >= 4 is 7.92 Å². The third-order valence-corrected chi connectivity index (χ3v) is 10.0. The molecule has 130 valence electrons. The zero-order valence-corrected chi connectivity index (χ0v) is 16.3. The van der Waals surface area contributed by atoms with Crippen molar-refractivity contribution in [3.8, 4) is 0 Å². The SMILES string of the molecule is CCCCC1(P2CCCCCCCC2)CCCCCCCC1. The fraction of sp³-hybridized carbons (Fsp3) is 1.00. The molecule has 1 heteroatoms. The molecule has 0 aromatic rings. The Morgan fingerprint density at radius 1 is 0.636 bits per heavy atom. The highest BCUT2D eigenvalue weighted by molar-refractivity contribution is 7.59. The van der Waals surface area contributed by atoms with Crippen LogP contribution >= 0.6 is 7.92 Å². The largest absolute Gasteiger partial charge is 0.100 e. The molecule has 2 rings (SSSR count). The van der Waals surface area contributed by atoms with Crippen molar-refractivity contribution in [2.45, 2.75) is 121 Å². The first-order valence-electron chi connectivity index (χ1n) is 10.6. The van der Waals surface area contributed by atoms with Gasteiger partial charge in [-0.2, -0.15) is 0 Å². The quantitative estimate of drug-likeness (QED) is 0.461. The van der Waals surface area contributed by atoms with Gasteiger partial charge in [0, 0.05) is 0 Å². The summed E-state index contributed by atoms with van der Waals surface area (Å²) in [5.74, 6) is 0. The van der Waals surface area contributed by atoms with Crippen molar-refractivity contribution in [2.24, 2.45) is 0 Å². The van der Waals surface area contributed by atoms with Crippen LogP contribution in [0.15, 0.2) is 0 Å². The summed E-state index contributed by atoms with van der Waals surface area (Å²) >= 11 is 0. The van der Waals surface area contributed by atoms with Gasteiger partial charge in [0.05, 0.1) is 0 Å². The van der Waals surface area contributed by atoms with Crippen molar-refractivity contribution in [1.82, 2.24) is 0 Å². The first-order chi connectivity index (χ1) is 10.9. The van der Waals surface area contributed by atoms with Crippen LogP contribution in [0.1, 0.15) is 116 Å². The molecule has 1 heterocycles. The Morgan fingerprint density at radius 2 is 1.09 bits per heavy atom. The first-order valence-corrected chi connectivity index (χ1v) is 12.3. The molecular formula is C21H41P. The van der Waals surface area contributed by atoms with E-state index in [2.05, 4.69) is 6.92 Å². The van der Waals surface area contributed by atoms with E-state index in [1.165, 1.54) is 64.2 Å². The Hall–Kier alpha value is 0.430. The minimum atomic E-state index is 0.313. The van der Waals surface area contributed by atoms with Gasteiger partial charge in [0.25, 0.3) is 0 Å². The number of hydrogen-bond acceptors (Lipinski definition) is 0. The molecule has 0 bridgehead atoms. The summed E-state index contributed by atoms with van der Waals surface area (Å²) in [6.07, 6.45) is 29.3. The zero-order valence-electron chi connectivity index (χ0n) is 15.4. The minimum Gasteiger partial charge on any atom is -0.100 e. The molecule has 1 aliphatic heterocycles. The summed E-state index contributed by atoms with van der Waals surface area (Å²) in [6.45, 7) is 2.40. The third kappa shape index (κ3) is 6.14. The number of hydrogen-bond donors (Lipinski definition) is 0. The number of rotatable bonds is 4. The summed E-state index contributed by atoms with van der Waals surface area (Å²) in [5, 5.41) is 0.806. The molecule has 0 aromatic carbocycles. The highest BCUT2D eigenvalue weighted by Gasteiger charge is 2.36. The summed E-state index contributed by atoms with van der Waals surface area (Å²) in [6, 6.07) is 0. The zero-order chi connectivity index (χ0) is 15.5. The fourth-order valence-corrected chi connectivity index (χ4v) is 8.67. The highest BCUT2D eigenvalue weighted by Crippen LogP contribution is 2.59. The second-order valence-corrected chi connectivity index (χ2v) is 11.0. The Labute approximate surface area is 142 Å². The van der Waals surface area contributed by atoms with Gasteiger partial charge >= 0.3 is 0 Å². The van der Waals surface area contributed by atoms with Gasteiger partial charge in [0.2, 0.25) is 0 Å². The average molecular weight is 325 g/mol. The van der Waals surface area contributed by atoms with Crippen molar-refractivity contribution in [3.05, 3.63) is 0 Å². The lowest BCUT2D eigenvalue weighted by atomic mass is 9.90. The van der Waals surface area contributed by atoms with E-state index in [0.717, 1.165) is 5.16 Å². The van der Waals surface area contributed by atoms with E-state index >= 15 is 0 Å². The molecule has 0 amide bonds. The van der Waals surface area contributed by atoms with E-state index in [4.69, 9.17) is 0 Å². The Bertz CT molecular complexity index is 253. The smallest absolute Gasteiger partial charge is 0.00944 e. The lowest BCUT2D eigenvalue weighted by Crippen LogP contribution is -2.29. The average Bonchev–Trinajstić information content (AvgIpc) is 2.75. The van der Waals surface area contributed by atoms with E-state index < -0.39 is 0 Å². The molecule has 0 aromatic heterocycles. The van der Waals surface area contributed by atoms with Crippen LogP contribution < -0.4 is 0 Å². The third-order valence-electron chi connectivity index (χ3n) is 6.31. The lowest BCUT2D eigenvalue weighted by molar-refractivity contribution is 0.422. The normalized spacial score (nSPS) is 26.0. The van der Waals surface area contributed by atoms with E-state index in [1.54, 1.807) is 57.3 Å². The molecule has 0 N–H and O–H groups in total. The summed E-state index contributed by atoms with van der Waals surface area (Å²) < 4.78 is 0. The molecule has 0 nitrogen and oxygen atoms in total. The van der Waals surface area contributed by atoms with E-state index in [0.29, 0.717) is 7.92 Å². The molecule has 22 heavy (non-hydrogen) atoms. The molecule has 0 spiro atoms. The van der Waals surface area contributed by atoms with Crippen molar-refractivity contribution in [2.75, 3.05) is 12.3 Å². The molecular weight excluding hydrogens is 283 g/mol. The standard InChI is InChI=1S/C21H41P/c1-2-3-16-21(17-12-8-4-5-9-13-18-21)22-19-14-10-6-7-11-15-20-22/h2-20H2,1H3. The van der Waals surface area contributed by atoms with Crippen molar-refractivity contribution in [1.29, 1.82) is 0 Å². The van der Waals surface area contributed by atoms with Crippen molar-refractivity contribution in [3.63, 3.8) is 0 Å². The maximum atomic E-state index is 2.40. The van der Waals surface area contributed by atoms with Crippen LogP contribution in [-0.2, 0) is 0 Å². The fourth-order valence-electron chi connectivity index (χ4n) is 4.87. The second-order valence-electron chi connectivity index (χ2n) is 8.06. The predicted molar refractivity (Wildman–Crippen MR) is 104 cm³/mol. The maximum absolute atomic E-state index is 2.40. The van der Waals surface area contributed by atoms with Crippen LogP contribution in [0.5, 0.6) is 0 Å². The van der Waals surface area contributed by atoms with Gasteiger partial charge in [0.1, 0.15) is 0 Å². The molecule has 2 fully saturated rings. The number of unbranched alkanes of at least 4 members (excludes halogenated alkanes) is 1. The first kappa shape index (κ1) is 18.8. The van der Waals surface area contributed by atoms with Gasteiger partial charge in [-0.3, -0.25) is 0 Å². The van der Waals surface area contributed by atoms with Gasteiger partial charge < -0.3 is 0 Å². The van der Waals surface area contributed by atoms with Gasteiger partial charge in [-0.05, 0) is 49.6 Å². The van der Waals surface area contributed by atoms with Crippen LogP contribution in [0, 0.1) is 0 Å². The van der Waals surface area contributed by atoms with Crippen LogP contribution in [-0.4, -0.2) is 17.5 Å². The molecule has 1 saturated carbocycles. The van der Waals surface area contributed by atoms with Gasteiger partial charge in [0.15, 0.2) is 0 Å². The topological polar surface area (TPSA) is 0 Å².